The standard InChI is InChI=1S/C18H34O3/c1-13-10-14(8-9-20-13)12-21-16(19)15(18(5,6)7)11-17(2,3)4/h13-15H,8-12H2,1-7H3. The summed E-state index contributed by atoms with van der Waals surface area (Å²) in [5.41, 5.74) is 0.0670. The van der Waals surface area contributed by atoms with Crippen LogP contribution >= 0.6 is 0 Å². The van der Waals surface area contributed by atoms with Gasteiger partial charge in [-0.15, -0.1) is 0 Å². The van der Waals surface area contributed by atoms with Crippen molar-refractivity contribution in [1.29, 1.82) is 0 Å². The van der Waals surface area contributed by atoms with E-state index in [1.165, 1.54) is 0 Å². The molecule has 1 rings (SSSR count). The largest absolute Gasteiger partial charge is 0.465 e. The van der Waals surface area contributed by atoms with Crippen molar-refractivity contribution in [1.82, 2.24) is 0 Å². The van der Waals surface area contributed by atoms with Gasteiger partial charge in [0.25, 0.3) is 0 Å². The number of hydrogen-bond donors (Lipinski definition) is 0. The fraction of sp³-hybridized carbons (Fsp3) is 0.944. The minimum atomic E-state index is -0.0622. The lowest BCUT2D eigenvalue weighted by molar-refractivity contribution is -0.156. The molecule has 0 radical (unpaired) electrons. The molecule has 1 aliphatic heterocycles. The van der Waals surface area contributed by atoms with Gasteiger partial charge in [-0.1, -0.05) is 41.5 Å². The van der Waals surface area contributed by atoms with Crippen LogP contribution < -0.4 is 0 Å². The molecular formula is C18H34O3. The normalized spacial score (nSPS) is 25.5. The summed E-state index contributed by atoms with van der Waals surface area (Å²) in [4.78, 5) is 12.5. The van der Waals surface area contributed by atoms with E-state index in [0.29, 0.717) is 12.5 Å². The van der Waals surface area contributed by atoms with Crippen molar-refractivity contribution in [2.75, 3.05) is 13.2 Å². The van der Waals surface area contributed by atoms with Gasteiger partial charge in [-0.25, -0.2) is 0 Å². The number of ether oxygens (including phenoxy) is 2. The van der Waals surface area contributed by atoms with Crippen LogP contribution in [0.1, 0.15) is 67.7 Å². The summed E-state index contributed by atoms with van der Waals surface area (Å²) in [6.07, 6.45) is 3.14. The molecule has 0 saturated carbocycles. The lowest BCUT2D eigenvalue weighted by atomic mass is 9.72. The van der Waals surface area contributed by atoms with Crippen molar-refractivity contribution in [3.63, 3.8) is 0 Å². The summed E-state index contributed by atoms with van der Waals surface area (Å²) < 4.78 is 11.2. The van der Waals surface area contributed by atoms with Gasteiger partial charge in [0.2, 0.25) is 0 Å². The van der Waals surface area contributed by atoms with Crippen LogP contribution in [0.4, 0.5) is 0 Å². The van der Waals surface area contributed by atoms with E-state index < -0.39 is 0 Å². The van der Waals surface area contributed by atoms with Crippen LogP contribution in [-0.2, 0) is 14.3 Å². The molecule has 0 bridgehead atoms. The maximum atomic E-state index is 12.5. The quantitative estimate of drug-likeness (QED) is 0.720. The summed E-state index contributed by atoms with van der Waals surface area (Å²) in [6, 6.07) is 0. The summed E-state index contributed by atoms with van der Waals surface area (Å²) in [5, 5.41) is 0. The fourth-order valence-electron chi connectivity index (χ4n) is 2.90. The Balaban J connectivity index is 2.56. The SMILES string of the molecule is CC1CC(COC(=O)C(CC(C)(C)C)C(C)(C)C)CCO1. The molecule has 0 N–H and O–H groups in total. The minimum Gasteiger partial charge on any atom is -0.465 e. The Morgan fingerprint density at radius 1 is 1.24 bits per heavy atom. The number of carbonyl (C=O) groups excluding carboxylic acids is 1. The van der Waals surface area contributed by atoms with E-state index in [4.69, 9.17) is 9.47 Å². The van der Waals surface area contributed by atoms with E-state index in [0.717, 1.165) is 25.9 Å². The zero-order chi connectivity index (χ0) is 16.3. The van der Waals surface area contributed by atoms with Gasteiger partial charge in [-0.2, -0.15) is 0 Å². The second kappa shape index (κ2) is 7.13. The lowest BCUT2D eigenvalue weighted by Gasteiger charge is -2.34. The molecule has 0 spiro atoms. The molecule has 3 unspecified atom stereocenters. The summed E-state index contributed by atoms with van der Waals surface area (Å²) in [6.45, 7) is 16.3. The van der Waals surface area contributed by atoms with E-state index in [2.05, 4.69) is 48.5 Å². The van der Waals surface area contributed by atoms with Gasteiger partial charge in [0.1, 0.15) is 0 Å². The summed E-state index contributed by atoms with van der Waals surface area (Å²) >= 11 is 0. The van der Waals surface area contributed by atoms with Gasteiger partial charge < -0.3 is 9.47 Å². The van der Waals surface area contributed by atoms with E-state index in [9.17, 15) is 4.79 Å². The van der Waals surface area contributed by atoms with Crippen LogP contribution in [0.5, 0.6) is 0 Å². The van der Waals surface area contributed by atoms with Gasteiger partial charge in [0, 0.05) is 6.61 Å². The zero-order valence-electron chi connectivity index (χ0n) is 15.0. The number of hydrogen-bond acceptors (Lipinski definition) is 3. The number of rotatable bonds is 4. The van der Waals surface area contributed by atoms with E-state index in [1.54, 1.807) is 0 Å². The molecule has 21 heavy (non-hydrogen) atoms. The fourth-order valence-corrected chi connectivity index (χ4v) is 2.90. The first-order chi connectivity index (χ1) is 9.49. The van der Waals surface area contributed by atoms with Crippen LogP contribution in [-0.4, -0.2) is 25.3 Å². The Morgan fingerprint density at radius 2 is 1.86 bits per heavy atom. The van der Waals surface area contributed by atoms with E-state index in [1.807, 2.05) is 0 Å². The molecular weight excluding hydrogens is 264 g/mol. The third-order valence-corrected chi connectivity index (χ3v) is 4.20. The molecule has 0 aromatic rings. The lowest BCUT2D eigenvalue weighted by Crippen LogP contribution is -2.35. The maximum Gasteiger partial charge on any atom is 0.309 e. The Kier molecular flexibility index (Phi) is 6.27. The Labute approximate surface area is 130 Å². The van der Waals surface area contributed by atoms with Crippen molar-refractivity contribution >= 4 is 5.97 Å². The van der Waals surface area contributed by atoms with Gasteiger partial charge in [0.05, 0.1) is 18.6 Å². The van der Waals surface area contributed by atoms with Gasteiger partial charge in [0.15, 0.2) is 0 Å². The Morgan fingerprint density at radius 3 is 2.33 bits per heavy atom. The molecule has 1 aliphatic rings. The molecule has 3 nitrogen and oxygen atoms in total. The van der Waals surface area contributed by atoms with Crippen LogP contribution in [0.3, 0.4) is 0 Å². The molecule has 1 saturated heterocycles. The summed E-state index contributed by atoms with van der Waals surface area (Å²) in [7, 11) is 0. The van der Waals surface area contributed by atoms with Crippen LogP contribution in [0.15, 0.2) is 0 Å². The molecule has 1 fully saturated rings. The Bertz CT molecular complexity index is 335. The molecule has 0 aromatic heterocycles. The van der Waals surface area contributed by atoms with Crippen molar-refractivity contribution in [2.24, 2.45) is 22.7 Å². The molecule has 0 aromatic carbocycles. The highest BCUT2D eigenvalue weighted by atomic mass is 16.5. The topological polar surface area (TPSA) is 35.5 Å². The molecule has 1 heterocycles. The summed E-state index contributed by atoms with van der Waals surface area (Å²) in [5.74, 6) is 0.374. The van der Waals surface area contributed by atoms with Gasteiger partial charge >= 0.3 is 5.97 Å². The Hall–Kier alpha value is -0.570. The first kappa shape index (κ1) is 18.5. The molecule has 3 heteroatoms. The van der Waals surface area contributed by atoms with E-state index >= 15 is 0 Å². The third-order valence-electron chi connectivity index (χ3n) is 4.20. The number of carbonyl (C=O) groups is 1. The predicted octanol–water partition coefficient (Wildman–Crippen LogP) is 4.44. The van der Waals surface area contributed by atoms with Crippen LogP contribution in [0.25, 0.3) is 0 Å². The van der Waals surface area contributed by atoms with Crippen molar-refractivity contribution < 1.29 is 14.3 Å². The highest BCUT2D eigenvalue weighted by Gasteiger charge is 2.36. The molecule has 0 aliphatic carbocycles. The van der Waals surface area contributed by atoms with Crippen LogP contribution in [0.2, 0.25) is 0 Å². The van der Waals surface area contributed by atoms with Crippen molar-refractivity contribution in [3.8, 4) is 0 Å². The highest BCUT2D eigenvalue weighted by molar-refractivity contribution is 5.73. The van der Waals surface area contributed by atoms with Gasteiger partial charge in [-0.3, -0.25) is 4.79 Å². The van der Waals surface area contributed by atoms with E-state index in [-0.39, 0.29) is 28.8 Å². The maximum absolute atomic E-state index is 12.5. The molecule has 3 atom stereocenters. The zero-order valence-corrected chi connectivity index (χ0v) is 15.0. The first-order valence-electron chi connectivity index (χ1n) is 8.27. The first-order valence-corrected chi connectivity index (χ1v) is 8.27. The minimum absolute atomic E-state index is 0.0310. The second-order valence-electron chi connectivity index (χ2n) is 8.89. The average Bonchev–Trinajstić information content (AvgIpc) is 2.31. The molecule has 124 valence electrons. The van der Waals surface area contributed by atoms with Crippen molar-refractivity contribution in [3.05, 3.63) is 0 Å². The van der Waals surface area contributed by atoms with Crippen LogP contribution in [0, 0.1) is 22.7 Å². The molecule has 0 amide bonds. The smallest absolute Gasteiger partial charge is 0.309 e. The van der Waals surface area contributed by atoms with Crippen molar-refractivity contribution in [2.45, 2.75) is 73.8 Å². The average molecular weight is 298 g/mol. The second-order valence-corrected chi connectivity index (χ2v) is 8.89. The monoisotopic (exact) mass is 298 g/mol. The number of esters is 1. The van der Waals surface area contributed by atoms with Gasteiger partial charge in [-0.05, 0) is 42.9 Å². The predicted molar refractivity (Wildman–Crippen MR) is 86.1 cm³/mol. The third kappa shape index (κ3) is 6.82. The highest BCUT2D eigenvalue weighted by Crippen LogP contribution is 2.37.